The molecule has 0 spiro atoms. The van der Waals surface area contributed by atoms with Gasteiger partial charge in [0.25, 0.3) is 0 Å². The number of aliphatic hydroxyl groups excluding tert-OH is 1. The molecule has 0 saturated heterocycles. The third kappa shape index (κ3) is 4.65. The first-order chi connectivity index (χ1) is 10.6. The molecule has 1 aliphatic heterocycles. The molecule has 1 atom stereocenters. The van der Waals surface area contributed by atoms with Gasteiger partial charge in [0.15, 0.2) is 0 Å². The molecule has 3 heteroatoms. The van der Waals surface area contributed by atoms with Crippen LogP contribution in [-0.4, -0.2) is 22.7 Å². The highest BCUT2D eigenvalue weighted by molar-refractivity contribution is 8.00. The number of hydrogen-bond donors (Lipinski definition) is 2. The van der Waals surface area contributed by atoms with Crippen LogP contribution < -0.4 is 5.32 Å². The Hall–Kier alpha value is -1.19. The number of benzene rings is 1. The Labute approximate surface area is 138 Å². The summed E-state index contributed by atoms with van der Waals surface area (Å²) < 4.78 is 0. The average Bonchev–Trinajstić information content (AvgIpc) is 2.88. The van der Waals surface area contributed by atoms with Gasteiger partial charge in [0.2, 0.25) is 0 Å². The molecule has 22 heavy (non-hydrogen) atoms. The monoisotopic (exact) mass is 317 g/mol. The minimum Gasteiger partial charge on any atom is -0.396 e. The van der Waals surface area contributed by atoms with Crippen molar-refractivity contribution in [2.24, 2.45) is 0 Å². The molecular formula is C19H27NOS. The van der Waals surface area contributed by atoms with Crippen LogP contribution in [0.5, 0.6) is 0 Å². The van der Waals surface area contributed by atoms with Crippen LogP contribution in [0, 0.1) is 0 Å². The molecule has 0 aliphatic carbocycles. The smallest absolute Gasteiger partial charge is 0.0431 e. The van der Waals surface area contributed by atoms with Crippen LogP contribution in [-0.2, 0) is 6.42 Å². The van der Waals surface area contributed by atoms with E-state index in [2.05, 4.69) is 43.6 Å². The first-order valence-electron chi connectivity index (χ1n) is 8.11. The maximum absolute atomic E-state index is 8.77. The van der Waals surface area contributed by atoms with Crippen molar-refractivity contribution in [3.05, 3.63) is 48.2 Å². The van der Waals surface area contributed by atoms with Crippen molar-refractivity contribution in [3.63, 3.8) is 0 Å². The first kappa shape index (κ1) is 17.2. The number of allylic oxidation sites excluding steroid dienone is 1. The number of rotatable bonds is 9. The van der Waals surface area contributed by atoms with Crippen LogP contribution in [0.15, 0.2) is 37.1 Å². The van der Waals surface area contributed by atoms with Crippen LogP contribution in [0.4, 0.5) is 5.69 Å². The molecule has 120 valence electrons. The lowest BCUT2D eigenvalue weighted by Gasteiger charge is -2.15. The normalized spacial score (nSPS) is 14.5. The minimum atomic E-state index is 0.319. The number of fused-ring (bicyclic) bond motifs is 1. The van der Waals surface area contributed by atoms with Gasteiger partial charge in [-0.3, -0.25) is 0 Å². The van der Waals surface area contributed by atoms with Gasteiger partial charge in [-0.25, -0.2) is 0 Å². The summed E-state index contributed by atoms with van der Waals surface area (Å²) in [6.45, 7) is 10.9. The molecule has 0 radical (unpaired) electrons. The maximum atomic E-state index is 8.77. The van der Waals surface area contributed by atoms with Gasteiger partial charge in [0, 0.05) is 29.7 Å². The second kappa shape index (κ2) is 8.44. The van der Waals surface area contributed by atoms with Crippen molar-refractivity contribution in [3.8, 4) is 0 Å². The van der Waals surface area contributed by atoms with Gasteiger partial charge in [-0.05, 0) is 54.4 Å². The van der Waals surface area contributed by atoms with Crippen LogP contribution >= 0.6 is 11.8 Å². The lowest BCUT2D eigenvalue weighted by Crippen LogP contribution is -2.01. The zero-order chi connectivity index (χ0) is 15.9. The van der Waals surface area contributed by atoms with Crippen LogP contribution in [0.3, 0.4) is 0 Å². The van der Waals surface area contributed by atoms with Gasteiger partial charge >= 0.3 is 0 Å². The average molecular weight is 317 g/mol. The van der Waals surface area contributed by atoms with E-state index in [-0.39, 0.29) is 0 Å². The number of unbranched alkanes of at least 4 members (excludes halogenated alkanes) is 3. The summed E-state index contributed by atoms with van der Waals surface area (Å²) in [5.41, 5.74) is 6.04. The largest absolute Gasteiger partial charge is 0.396 e. The molecule has 2 rings (SSSR count). The van der Waals surface area contributed by atoms with Crippen LogP contribution in [0.25, 0.3) is 5.57 Å². The third-order valence-corrected chi connectivity index (χ3v) is 5.41. The highest BCUT2D eigenvalue weighted by Gasteiger charge is 2.16. The molecule has 1 heterocycles. The van der Waals surface area contributed by atoms with Gasteiger partial charge in [-0.2, -0.15) is 11.8 Å². The number of nitrogens with one attached hydrogen (secondary N) is 1. The fraction of sp³-hybridized carbons (Fsp3) is 0.474. The second-order valence-corrected chi connectivity index (χ2v) is 7.40. The predicted octanol–water partition coefficient (Wildman–Crippen LogP) is 4.86. The Kier molecular flexibility index (Phi) is 6.59. The summed E-state index contributed by atoms with van der Waals surface area (Å²) in [7, 11) is 0. The Balaban J connectivity index is 1.81. The summed E-state index contributed by atoms with van der Waals surface area (Å²) in [6.07, 6.45) is 5.41. The summed E-state index contributed by atoms with van der Waals surface area (Å²) in [6, 6.07) is 6.55. The molecule has 2 N–H and O–H groups in total. The Morgan fingerprint density at radius 3 is 2.86 bits per heavy atom. The van der Waals surface area contributed by atoms with E-state index in [9.17, 15) is 0 Å². The van der Waals surface area contributed by atoms with Crippen molar-refractivity contribution in [2.45, 2.75) is 44.3 Å². The Morgan fingerprint density at radius 2 is 2.09 bits per heavy atom. The van der Waals surface area contributed by atoms with E-state index in [4.69, 9.17) is 5.11 Å². The van der Waals surface area contributed by atoms with E-state index in [0.717, 1.165) is 30.7 Å². The molecule has 2 nitrogen and oxygen atoms in total. The topological polar surface area (TPSA) is 32.3 Å². The van der Waals surface area contributed by atoms with Crippen molar-refractivity contribution in [1.29, 1.82) is 0 Å². The molecular weight excluding hydrogens is 290 g/mol. The molecule has 1 aromatic carbocycles. The van der Waals surface area contributed by atoms with E-state index in [1.165, 1.54) is 35.2 Å². The Bertz CT molecular complexity index is 538. The van der Waals surface area contributed by atoms with Gasteiger partial charge in [-0.15, -0.1) is 0 Å². The zero-order valence-corrected chi connectivity index (χ0v) is 14.3. The van der Waals surface area contributed by atoms with Gasteiger partial charge in [0.1, 0.15) is 0 Å². The fourth-order valence-electron chi connectivity index (χ4n) is 2.69. The second-order valence-electron chi connectivity index (χ2n) is 5.95. The third-order valence-electron chi connectivity index (χ3n) is 4.10. The summed E-state index contributed by atoms with van der Waals surface area (Å²) in [4.78, 5) is 0. The van der Waals surface area contributed by atoms with E-state index >= 15 is 0 Å². The number of anilines is 1. The summed E-state index contributed by atoms with van der Waals surface area (Å²) in [5, 5.41) is 12.5. The molecule has 1 aliphatic rings. The molecule has 0 aromatic heterocycles. The highest BCUT2D eigenvalue weighted by atomic mass is 32.2. The van der Waals surface area contributed by atoms with Gasteiger partial charge in [-0.1, -0.05) is 32.1 Å². The Morgan fingerprint density at radius 1 is 1.32 bits per heavy atom. The number of aliphatic hydroxyl groups is 1. The quantitative estimate of drug-likeness (QED) is 0.638. The molecule has 1 aromatic rings. The van der Waals surface area contributed by atoms with Crippen molar-refractivity contribution in [1.82, 2.24) is 0 Å². The van der Waals surface area contributed by atoms with Crippen LogP contribution in [0.1, 0.15) is 43.7 Å². The zero-order valence-electron chi connectivity index (χ0n) is 13.5. The molecule has 0 bridgehead atoms. The van der Waals surface area contributed by atoms with Gasteiger partial charge < -0.3 is 10.4 Å². The minimum absolute atomic E-state index is 0.319. The van der Waals surface area contributed by atoms with E-state index in [1.807, 2.05) is 11.8 Å². The van der Waals surface area contributed by atoms with Crippen LogP contribution in [0.2, 0.25) is 0 Å². The SMILES string of the molecule is C=C1Cc2cc(C(=C)C(C)SCCCCCCO)ccc2N1. The highest BCUT2D eigenvalue weighted by Crippen LogP contribution is 2.33. The first-order valence-corrected chi connectivity index (χ1v) is 9.16. The number of thioether (sulfide) groups is 1. The molecule has 1 unspecified atom stereocenters. The standard InChI is InChI=1S/C19H27NOS/c1-14-12-18-13-17(8-9-19(18)20-14)15(2)16(3)22-11-7-5-4-6-10-21/h8-9,13,16,20-21H,1-2,4-7,10-12H2,3H3. The van der Waals surface area contributed by atoms with Gasteiger partial charge in [0.05, 0.1) is 0 Å². The molecule has 0 fully saturated rings. The predicted molar refractivity (Wildman–Crippen MR) is 99.4 cm³/mol. The lowest BCUT2D eigenvalue weighted by atomic mass is 10.0. The van der Waals surface area contributed by atoms with Crippen molar-refractivity contribution >= 4 is 23.0 Å². The fourth-order valence-corrected chi connectivity index (χ4v) is 3.75. The van der Waals surface area contributed by atoms with Crippen molar-refractivity contribution in [2.75, 3.05) is 17.7 Å². The molecule has 0 saturated carbocycles. The maximum Gasteiger partial charge on any atom is 0.0431 e. The van der Waals surface area contributed by atoms with E-state index < -0.39 is 0 Å². The number of hydrogen-bond acceptors (Lipinski definition) is 3. The molecule has 0 amide bonds. The van der Waals surface area contributed by atoms with E-state index in [0.29, 0.717) is 11.9 Å². The van der Waals surface area contributed by atoms with E-state index in [1.54, 1.807) is 0 Å². The summed E-state index contributed by atoms with van der Waals surface area (Å²) in [5.74, 6) is 1.16. The lowest BCUT2D eigenvalue weighted by molar-refractivity contribution is 0.283. The van der Waals surface area contributed by atoms with Crippen molar-refractivity contribution < 1.29 is 5.11 Å². The summed E-state index contributed by atoms with van der Waals surface area (Å²) >= 11 is 1.98.